The molecule has 156 valence electrons. The van der Waals surface area contributed by atoms with E-state index in [9.17, 15) is 22.8 Å². The molecule has 0 unspecified atom stereocenters. The third kappa shape index (κ3) is 3.68. The van der Waals surface area contributed by atoms with Crippen molar-refractivity contribution >= 4 is 40.4 Å². The molecule has 4 nitrogen and oxygen atoms in total. The number of halogens is 4. The highest BCUT2D eigenvalue weighted by Gasteiger charge is 2.41. The number of benzene rings is 3. The number of hydrogen-bond donors (Lipinski definition) is 1. The van der Waals surface area contributed by atoms with Crippen LogP contribution in [-0.4, -0.2) is 11.8 Å². The van der Waals surface area contributed by atoms with Crippen LogP contribution in [0.25, 0.3) is 5.57 Å². The molecule has 0 aromatic heterocycles. The quantitative estimate of drug-likeness (QED) is 0.546. The van der Waals surface area contributed by atoms with E-state index < -0.39 is 35.0 Å². The number of nitrogens with one attached hydrogen (secondary N) is 1. The monoisotopic (exact) mass is 442 g/mol. The summed E-state index contributed by atoms with van der Waals surface area (Å²) < 4.78 is 41.2. The summed E-state index contributed by atoms with van der Waals surface area (Å²) >= 11 is 6.15. The summed E-state index contributed by atoms with van der Waals surface area (Å²) in [5.74, 6) is -4.11. The summed E-state index contributed by atoms with van der Waals surface area (Å²) in [6.45, 7) is 1.72. The fraction of sp³-hybridized carbons (Fsp3) is 0.0435. The summed E-state index contributed by atoms with van der Waals surface area (Å²) in [4.78, 5) is 27.1. The first kappa shape index (κ1) is 20.7. The van der Waals surface area contributed by atoms with E-state index in [-0.39, 0.29) is 16.8 Å². The lowest BCUT2D eigenvalue weighted by atomic mass is 10.0. The van der Waals surface area contributed by atoms with Crippen LogP contribution in [0.15, 0.2) is 66.4 Å². The second-order valence-corrected chi connectivity index (χ2v) is 7.24. The van der Waals surface area contributed by atoms with Crippen LogP contribution in [0.1, 0.15) is 11.1 Å². The first-order chi connectivity index (χ1) is 14.8. The molecule has 0 atom stereocenters. The molecule has 1 aliphatic rings. The number of rotatable bonds is 4. The van der Waals surface area contributed by atoms with Crippen LogP contribution in [0, 0.1) is 24.4 Å². The fourth-order valence-electron chi connectivity index (χ4n) is 3.29. The molecule has 0 aliphatic carbocycles. The maximum Gasteiger partial charge on any atom is 0.282 e. The van der Waals surface area contributed by atoms with E-state index in [1.807, 2.05) is 0 Å². The van der Waals surface area contributed by atoms with Gasteiger partial charge in [-0.15, -0.1) is 0 Å². The van der Waals surface area contributed by atoms with Crippen molar-refractivity contribution < 1.29 is 22.8 Å². The Hall–Kier alpha value is -3.58. The van der Waals surface area contributed by atoms with Gasteiger partial charge in [-0.1, -0.05) is 29.8 Å². The lowest BCUT2D eigenvalue weighted by molar-refractivity contribution is -0.120. The molecule has 0 radical (unpaired) electrons. The van der Waals surface area contributed by atoms with Crippen molar-refractivity contribution in [1.82, 2.24) is 0 Å². The predicted molar refractivity (Wildman–Crippen MR) is 112 cm³/mol. The Morgan fingerprint density at radius 2 is 1.55 bits per heavy atom. The molecule has 3 aromatic carbocycles. The summed E-state index contributed by atoms with van der Waals surface area (Å²) in [5, 5.41) is 3.35. The Bertz CT molecular complexity index is 1260. The van der Waals surface area contributed by atoms with E-state index in [2.05, 4.69) is 5.32 Å². The summed E-state index contributed by atoms with van der Waals surface area (Å²) in [6.07, 6.45) is 0. The molecule has 8 heteroatoms. The summed E-state index contributed by atoms with van der Waals surface area (Å²) in [7, 11) is 0. The second-order valence-electron chi connectivity index (χ2n) is 6.84. The van der Waals surface area contributed by atoms with Gasteiger partial charge in [0.25, 0.3) is 11.8 Å². The van der Waals surface area contributed by atoms with Crippen LogP contribution in [0.2, 0.25) is 5.02 Å². The minimum absolute atomic E-state index is 0.0758. The Morgan fingerprint density at radius 1 is 0.871 bits per heavy atom. The minimum Gasteiger partial charge on any atom is -0.350 e. The Balaban J connectivity index is 1.87. The highest BCUT2D eigenvalue weighted by atomic mass is 35.5. The standard InChI is InChI=1S/C23H14ClF3N2O2/c1-12-16(24)3-2-4-18(12)28-21-20(13-5-7-14(25)8-6-13)22(30)29(23(21)31)19-10-9-15(26)11-17(19)27/h2-11,28H,1H3. The van der Waals surface area contributed by atoms with Gasteiger partial charge in [0.15, 0.2) is 0 Å². The van der Waals surface area contributed by atoms with Gasteiger partial charge in [-0.2, -0.15) is 0 Å². The molecule has 2 amide bonds. The lowest BCUT2D eigenvalue weighted by Crippen LogP contribution is -2.33. The van der Waals surface area contributed by atoms with Crippen LogP contribution < -0.4 is 10.2 Å². The number of imide groups is 1. The van der Waals surface area contributed by atoms with Gasteiger partial charge >= 0.3 is 0 Å². The minimum atomic E-state index is -1.07. The smallest absolute Gasteiger partial charge is 0.282 e. The topological polar surface area (TPSA) is 49.4 Å². The number of hydrogen-bond acceptors (Lipinski definition) is 3. The normalized spacial score (nSPS) is 13.9. The highest BCUT2D eigenvalue weighted by Crippen LogP contribution is 2.36. The number of amides is 2. The molecule has 0 saturated heterocycles. The summed E-state index contributed by atoms with van der Waals surface area (Å²) in [6, 6.07) is 12.5. The third-order valence-electron chi connectivity index (χ3n) is 4.89. The molecular weight excluding hydrogens is 429 g/mol. The van der Waals surface area contributed by atoms with Crippen molar-refractivity contribution in [2.45, 2.75) is 6.92 Å². The first-order valence-corrected chi connectivity index (χ1v) is 9.52. The Labute approximate surface area is 180 Å². The average molecular weight is 443 g/mol. The van der Waals surface area contributed by atoms with Gasteiger partial charge in [-0.25, -0.2) is 18.1 Å². The predicted octanol–water partition coefficient (Wildman–Crippen LogP) is 5.46. The van der Waals surface area contributed by atoms with E-state index in [4.69, 9.17) is 11.6 Å². The van der Waals surface area contributed by atoms with E-state index in [0.717, 1.165) is 24.3 Å². The van der Waals surface area contributed by atoms with Crippen LogP contribution in [-0.2, 0) is 9.59 Å². The summed E-state index contributed by atoms with van der Waals surface area (Å²) in [5.41, 5.74) is 0.743. The van der Waals surface area contributed by atoms with Gasteiger partial charge in [0.1, 0.15) is 23.1 Å². The largest absolute Gasteiger partial charge is 0.350 e. The SMILES string of the molecule is Cc1c(Cl)cccc1NC1=C(c2ccc(F)cc2)C(=O)N(c2ccc(F)cc2F)C1=O. The number of carbonyl (C=O) groups is 2. The van der Waals surface area contributed by atoms with Gasteiger partial charge < -0.3 is 5.32 Å². The number of anilines is 2. The van der Waals surface area contributed by atoms with Gasteiger partial charge in [0.05, 0.1) is 11.3 Å². The van der Waals surface area contributed by atoms with Crippen molar-refractivity contribution in [3.63, 3.8) is 0 Å². The zero-order valence-corrected chi connectivity index (χ0v) is 16.8. The average Bonchev–Trinajstić information content (AvgIpc) is 2.96. The number of nitrogens with zero attached hydrogens (tertiary/aromatic N) is 1. The Kier molecular flexibility index (Phi) is 5.29. The van der Waals surface area contributed by atoms with Crippen molar-refractivity contribution in [1.29, 1.82) is 0 Å². The molecule has 1 aliphatic heterocycles. The van der Waals surface area contributed by atoms with Gasteiger partial charge in [0.2, 0.25) is 0 Å². The van der Waals surface area contributed by atoms with E-state index in [1.165, 1.54) is 12.1 Å². The van der Waals surface area contributed by atoms with E-state index in [0.29, 0.717) is 27.2 Å². The van der Waals surface area contributed by atoms with E-state index >= 15 is 0 Å². The van der Waals surface area contributed by atoms with Crippen molar-refractivity contribution in [2.75, 3.05) is 10.2 Å². The molecule has 0 spiro atoms. The zero-order valence-electron chi connectivity index (χ0n) is 16.0. The zero-order chi connectivity index (χ0) is 22.3. The maximum atomic E-state index is 14.4. The van der Waals surface area contributed by atoms with Gasteiger partial charge in [0, 0.05) is 16.8 Å². The maximum absolute atomic E-state index is 14.4. The third-order valence-corrected chi connectivity index (χ3v) is 5.30. The van der Waals surface area contributed by atoms with Crippen LogP contribution in [0.3, 0.4) is 0 Å². The molecule has 0 fully saturated rings. The molecular formula is C23H14ClF3N2O2. The lowest BCUT2D eigenvalue weighted by Gasteiger charge is -2.16. The highest BCUT2D eigenvalue weighted by molar-refractivity contribution is 6.46. The molecule has 1 N–H and O–H groups in total. The molecule has 0 saturated carbocycles. The first-order valence-electron chi connectivity index (χ1n) is 9.14. The van der Waals surface area contributed by atoms with Crippen molar-refractivity contribution in [2.24, 2.45) is 0 Å². The molecule has 31 heavy (non-hydrogen) atoms. The molecule has 1 heterocycles. The molecule has 3 aromatic rings. The second kappa shape index (κ2) is 7.92. The van der Waals surface area contributed by atoms with Crippen molar-refractivity contribution in [3.8, 4) is 0 Å². The van der Waals surface area contributed by atoms with Gasteiger partial charge in [-0.05, 0) is 54.4 Å². The van der Waals surface area contributed by atoms with Crippen LogP contribution in [0.4, 0.5) is 24.5 Å². The van der Waals surface area contributed by atoms with Crippen molar-refractivity contribution in [3.05, 3.63) is 100.0 Å². The fourth-order valence-corrected chi connectivity index (χ4v) is 3.46. The molecule has 4 rings (SSSR count). The van der Waals surface area contributed by atoms with E-state index in [1.54, 1.807) is 25.1 Å². The van der Waals surface area contributed by atoms with Crippen LogP contribution >= 0.6 is 11.6 Å². The Morgan fingerprint density at radius 3 is 2.23 bits per heavy atom. The van der Waals surface area contributed by atoms with Crippen LogP contribution in [0.5, 0.6) is 0 Å². The molecule has 0 bridgehead atoms. The number of carbonyl (C=O) groups excluding carboxylic acids is 2. The van der Waals surface area contributed by atoms with Gasteiger partial charge in [-0.3, -0.25) is 9.59 Å².